The molecule has 1 aliphatic heterocycles. The van der Waals surface area contributed by atoms with Crippen LogP contribution >= 0.6 is 11.8 Å². The van der Waals surface area contributed by atoms with E-state index in [1.54, 1.807) is 0 Å². The lowest BCUT2D eigenvalue weighted by Gasteiger charge is -2.28. The van der Waals surface area contributed by atoms with Gasteiger partial charge in [-0.15, -0.1) is 11.8 Å². The lowest BCUT2D eigenvalue weighted by Crippen LogP contribution is -2.42. The lowest BCUT2D eigenvalue weighted by molar-refractivity contribution is -0.130. The first kappa shape index (κ1) is 19.2. The first-order valence-corrected chi connectivity index (χ1v) is 11.9. The van der Waals surface area contributed by atoms with Gasteiger partial charge in [0.15, 0.2) is 9.84 Å². The van der Waals surface area contributed by atoms with Crippen molar-refractivity contribution in [2.75, 3.05) is 23.8 Å². The molecule has 1 heterocycles. The number of thioether (sulfide) groups is 1. The first-order valence-electron chi connectivity index (χ1n) is 9.10. The van der Waals surface area contributed by atoms with E-state index in [0.717, 1.165) is 23.1 Å². The van der Waals surface area contributed by atoms with Crippen LogP contribution in [0.15, 0.2) is 47.4 Å². The third-order valence-corrected chi connectivity index (χ3v) is 7.53. The van der Waals surface area contributed by atoms with E-state index >= 15 is 0 Å². The van der Waals surface area contributed by atoms with Crippen molar-refractivity contribution in [1.82, 2.24) is 4.90 Å². The second kappa shape index (κ2) is 8.44. The molecule has 26 heavy (non-hydrogen) atoms. The molecule has 1 fully saturated rings. The summed E-state index contributed by atoms with van der Waals surface area (Å²) in [6.07, 6.45) is 2.46. The van der Waals surface area contributed by atoms with Crippen LogP contribution in [-0.2, 0) is 14.6 Å². The molecule has 140 valence electrons. The highest BCUT2D eigenvalue weighted by Gasteiger charge is 2.34. The molecule has 2 aromatic carbocycles. The van der Waals surface area contributed by atoms with Gasteiger partial charge < -0.3 is 4.90 Å². The Kier molecular flexibility index (Phi) is 6.24. The van der Waals surface area contributed by atoms with Crippen molar-refractivity contribution in [3.63, 3.8) is 0 Å². The monoisotopic (exact) mass is 391 g/mol. The Hall–Kier alpha value is -1.53. The van der Waals surface area contributed by atoms with Crippen LogP contribution < -0.4 is 0 Å². The Balaban J connectivity index is 1.66. The lowest BCUT2D eigenvalue weighted by atomic mass is 10.1. The zero-order valence-electron chi connectivity index (χ0n) is 15.1. The van der Waals surface area contributed by atoms with Crippen molar-refractivity contribution in [3.8, 4) is 0 Å². The van der Waals surface area contributed by atoms with Crippen LogP contribution in [0.3, 0.4) is 0 Å². The van der Waals surface area contributed by atoms with E-state index in [9.17, 15) is 13.2 Å². The summed E-state index contributed by atoms with van der Waals surface area (Å²) < 4.78 is 23.6. The molecule has 3 rings (SSSR count). The minimum Gasteiger partial charge on any atom is -0.338 e. The van der Waals surface area contributed by atoms with Gasteiger partial charge in [0, 0.05) is 17.5 Å². The van der Waals surface area contributed by atoms with Crippen molar-refractivity contribution in [2.24, 2.45) is 0 Å². The number of unbranched alkanes of at least 4 members (excludes halogenated alkanes) is 1. The molecule has 1 atom stereocenters. The fraction of sp³-hybridized carbons (Fsp3) is 0.450. The number of nitrogens with zero attached hydrogens (tertiary/aromatic N) is 1. The molecular formula is C20H25NO3S2. The van der Waals surface area contributed by atoms with Crippen LogP contribution in [0.5, 0.6) is 0 Å². The van der Waals surface area contributed by atoms with Crippen molar-refractivity contribution < 1.29 is 13.2 Å². The number of benzene rings is 2. The van der Waals surface area contributed by atoms with Gasteiger partial charge in [-0.3, -0.25) is 4.79 Å². The van der Waals surface area contributed by atoms with Crippen LogP contribution in [0.4, 0.5) is 0 Å². The number of fused-ring (bicyclic) bond motifs is 1. The molecule has 0 bridgehead atoms. The van der Waals surface area contributed by atoms with Gasteiger partial charge in [0.05, 0.1) is 17.3 Å². The van der Waals surface area contributed by atoms with Crippen LogP contribution in [0.1, 0.15) is 26.2 Å². The molecule has 0 spiro atoms. The maximum absolute atomic E-state index is 12.8. The highest BCUT2D eigenvalue weighted by molar-refractivity contribution is 8.00. The average Bonchev–Trinajstić information content (AvgIpc) is 2.99. The zero-order chi connectivity index (χ0) is 18.6. The Morgan fingerprint density at radius 1 is 1.19 bits per heavy atom. The summed E-state index contributed by atoms with van der Waals surface area (Å²) in [5, 5.41) is 2.35. The van der Waals surface area contributed by atoms with Crippen molar-refractivity contribution >= 4 is 38.3 Å². The molecule has 1 amide bonds. The van der Waals surface area contributed by atoms with Gasteiger partial charge in [0.25, 0.3) is 0 Å². The number of sulfone groups is 1. The fourth-order valence-corrected chi connectivity index (χ4v) is 5.91. The van der Waals surface area contributed by atoms with E-state index in [2.05, 4.69) is 31.2 Å². The van der Waals surface area contributed by atoms with E-state index in [0.29, 0.717) is 18.7 Å². The summed E-state index contributed by atoms with van der Waals surface area (Å²) in [5.74, 6) is 0.700. The molecule has 1 saturated heterocycles. The third-order valence-electron chi connectivity index (χ3n) is 4.81. The molecule has 0 radical (unpaired) electrons. The summed E-state index contributed by atoms with van der Waals surface area (Å²) in [6.45, 7) is 2.73. The molecule has 0 aliphatic carbocycles. The van der Waals surface area contributed by atoms with E-state index < -0.39 is 9.84 Å². The molecule has 1 aliphatic rings. The van der Waals surface area contributed by atoms with Crippen molar-refractivity contribution in [3.05, 3.63) is 42.5 Å². The third kappa shape index (κ3) is 4.80. The summed E-state index contributed by atoms with van der Waals surface area (Å²) in [7, 11) is -2.99. The smallest absolute Gasteiger partial charge is 0.233 e. The normalized spacial score (nSPS) is 18.9. The molecule has 0 aromatic heterocycles. The summed E-state index contributed by atoms with van der Waals surface area (Å²) >= 11 is 1.52. The van der Waals surface area contributed by atoms with Crippen LogP contribution in [0.25, 0.3) is 10.8 Å². The van der Waals surface area contributed by atoms with E-state index in [4.69, 9.17) is 0 Å². The summed E-state index contributed by atoms with van der Waals surface area (Å²) in [6, 6.07) is 14.2. The maximum Gasteiger partial charge on any atom is 0.233 e. The van der Waals surface area contributed by atoms with Crippen LogP contribution in [0.2, 0.25) is 0 Å². The number of amides is 1. The predicted molar refractivity (Wildman–Crippen MR) is 108 cm³/mol. The Bertz CT molecular complexity index is 880. The Labute approximate surface area is 159 Å². The van der Waals surface area contributed by atoms with Crippen molar-refractivity contribution in [2.45, 2.75) is 37.1 Å². The minimum atomic E-state index is -2.99. The Morgan fingerprint density at radius 3 is 2.65 bits per heavy atom. The highest BCUT2D eigenvalue weighted by atomic mass is 32.2. The van der Waals surface area contributed by atoms with E-state index in [-0.39, 0.29) is 23.5 Å². The molecule has 4 nitrogen and oxygen atoms in total. The number of carbonyl (C=O) groups is 1. The van der Waals surface area contributed by atoms with Gasteiger partial charge in [-0.1, -0.05) is 43.7 Å². The average molecular weight is 392 g/mol. The number of rotatable bonds is 7. The molecule has 2 aromatic rings. The first-order chi connectivity index (χ1) is 12.5. The van der Waals surface area contributed by atoms with Gasteiger partial charge in [-0.25, -0.2) is 8.42 Å². The Morgan fingerprint density at radius 2 is 1.96 bits per heavy atom. The number of carbonyl (C=O) groups excluding carboxylic acids is 1. The molecule has 6 heteroatoms. The highest BCUT2D eigenvalue weighted by Crippen LogP contribution is 2.25. The van der Waals surface area contributed by atoms with Gasteiger partial charge >= 0.3 is 0 Å². The predicted octanol–water partition coefficient (Wildman–Crippen LogP) is 3.75. The second-order valence-electron chi connectivity index (χ2n) is 6.80. The van der Waals surface area contributed by atoms with Crippen LogP contribution in [-0.4, -0.2) is 49.1 Å². The fourth-order valence-electron chi connectivity index (χ4n) is 3.35. The summed E-state index contributed by atoms with van der Waals surface area (Å²) in [5.41, 5.74) is 0. The van der Waals surface area contributed by atoms with Gasteiger partial charge in [0.2, 0.25) is 5.91 Å². The SMILES string of the molecule is CCCCN(C(=O)CSc1ccc2ccccc2c1)C1CCS(=O)(=O)C1. The van der Waals surface area contributed by atoms with E-state index in [1.807, 2.05) is 23.1 Å². The molecule has 0 N–H and O–H groups in total. The molecule has 1 unspecified atom stereocenters. The van der Waals surface area contributed by atoms with Gasteiger partial charge in [0.1, 0.15) is 0 Å². The standard InChI is InChI=1S/C20H25NO3S2/c1-2-3-11-21(18-10-12-26(23,24)15-18)20(22)14-25-19-9-8-16-6-4-5-7-17(16)13-19/h4-9,13,18H,2-3,10-12,14-15H2,1H3. The number of hydrogen-bond acceptors (Lipinski definition) is 4. The number of hydrogen-bond donors (Lipinski definition) is 0. The minimum absolute atomic E-state index is 0.0405. The van der Waals surface area contributed by atoms with Crippen molar-refractivity contribution in [1.29, 1.82) is 0 Å². The summed E-state index contributed by atoms with van der Waals surface area (Å²) in [4.78, 5) is 15.7. The van der Waals surface area contributed by atoms with E-state index in [1.165, 1.54) is 17.1 Å². The quantitative estimate of drug-likeness (QED) is 0.675. The largest absolute Gasteiger partial charge is 0.338 e. The topological polar surface area (TPSA) is 54.5 Å². The molecular weight excluding hydrogens is 366 g/mol. The van der Waals surface area contributed by atoms with Gasteiger partial charge in [-0.05, 0) is 35.7 Å². The zero-order valence-corrected chi connectivity index (χ0v) is 16.7. The maximum atomic E-state index is 12.8. The second-order valence-corrected chi connectivity index (χ2v) is 10.1. The van der Waals surface area contributed by atoms with Gasteiger partial charge in [-0.2, -0.15) is 0 Å². The molecule has 0 saturated carbocycles. The van der Waals surface area contributed by atoms with Crippen LogP contribution in [0, 0.1) is 0 Å².